The SMILES string of the molecule is COCCN(C)CCNCC1(C)COC1. The minimum atomic E-state index is 0.380. The van der Waals surface area contributed by atoms with Crippen LogP contribution in [0.3, 0.4) is 0 Å². The zero-order valence-electron chi connectivity index (χ0n) is 10.2. The van der Waals surface area contributed by atoms with Crippen LogP contribution in [0.5, 0.6) is 0 Å². The highest BCUT2D eigenvalue weighted by Crippen LogP contribution is 2.24. The van der Waals surface area contributed by atoms with E-state index < -0.39 is 0 Å². The Bertz CT molecular complexity index is 172. The molecule has 4 heteroatoms. The van der Waals surface area contributed by atoms with Crippen LogP contribution in [0.4, 0.5) is 0 Å². The molecule has 0 radical (unpaired) electrons. The number of likely N-dealkylation sites (N-methyl/N-ethyl adjacent to an activating group) is 1. The third-order valence-corrected chi connectivity index (χ3v) is 2.80. The molecule has 0 spiro atoms. The average molecular weight is 216 g/mol. The number of ether oxygens (including phenoxy) is 2. The molecule has 0 unspecified atom stereocenters. The lowest BCUT2D eigenvalue weighted by Gasteiger charge is -2.38. The minimum Gasteiger partial charge on any atom is -0.383 e. The van der Waals surface area contributed by atoms with Crippen LogP contribution in [0.15, 0.2) is 0 Å². The maximum absolute atomic E-state index is 5.20. The zero-order chi connectivity index (χ0) is 11.1. The predicted octanol–water partition coefficient (Wildman–Crippen LogP) is 0.191. The Morgan fingerprint density at radius 2 is 2.13 bits per heavy atom. The average Bonchev–Trinajstić information content (AvgIpc) is 2.19. The Balaban J connectivity index is 1.91. The second-order valence-corrected chi connectivity index (χ2v) is 4.78. The Morgan fingerprint density at radius 3 is 2.67 bits per heavy atom. The van der Waals surface area contributed by atoms with Crippen molar-refractivity contribution < 1.29 is 9.47 Å². The van der Waals surface area contributed by atoms with E-state index in [-0.39, 0.29) is 0 Å². The van der Waals surface area contributed by atoms with Gasteiger partial charge in [0, 0.05) is 38.7 Å². The quantitative estimate of drug-likeness (QED) is 0.587. The molecule has 0 aromatic rings. The van der Waals surface area contributed by atoms with Crippen molar-refractivity contribution in [3.63, 3.8) is 0 Å². The first-order valence-electron chi connectivity index (χ1n) is 5.62. The first-order valence-corrected chi connectivity index (χ1v) is 5.62. The van der Waals surface area contributed by atoms with Crippen molar-refractivity contribution >= 4 is 0 Å². The molecule has 0 saturated carbocycles. The first kappa shape index (κ1) is 12.9. The minimum absolute atomic E-state index is 0.380. The molecule has 90 valence electrons. The first-order chi connectivity index (χ1) is 7.16. The predicted molar refractivity (Wildman–Crippen MR) is 61.2 cm³/mol. The van der Waals surface area contributed by atoms with E-state index >= 15 is 0 Å². The summed E-state index contributed by atoms with van der Waals surface area (Å²) in [5, 5.41) is 3.47. The van der Waals surface area contributed by atoms with Crippen molar-refractivity contribution in [3.05, 3.63) is 0 Å². The van der Waals surface area contributed by atoms with Gasteiger partial charge in [0.15, 0.2) is 0 Å². The van der Waals surface area contributed by atoms with Crippen LogP contribution in [0, 0.1) is 5.41 Å². The molecule has 15 heavy (non-hydrogen) atoms. The van der Waals surface area contributed by atoms with E-state index in [0.29, 0.717) is 5.41 Å². The number of hydrogen-bond acceptors (Lipinski definition) is 4. The summed E-state index contributed by atoms with van der Waals surface area (Å²) in [7, 11) is 3.86. The summed E-state index contributed by atoms with van der Waals surface area (Å²) in [5.41, 5.74) is 0.380. The maximum atomic E-state index is 5.20. The third-order valence-electron chi connectivity index (χ3n) is 2.80. The summed E-state index contributed by atoms with van der Waals surface area (Å²) in [6.07, 6.45) is 0. The monoisotopic (exact) mass is 216 g/mol. The lowest BCUT2D eigenvalue weighted by atomic mass is 9.89. The molecule has 1 heterocycles. The number of methoxy groups -OCH3 is 1. The van der Waals surface area contributed by atoms with Gasteiger partial charge in [0.25, 0.3) is 0 Å². The fraction of sp³-hybridized carbons (Fsp3) is 1.00. The number of rotatable bonds is 8. The van der Waals surface area contributed by atoms with E-state index in [1.807, 2.05) is 0 Å². The second kappa shape index (κ2) is 6.43. The van der Waals surface area contributed by atoms with Gasteiger partial charge in [0.2, 0.25) is 0 Å². The highest BCUT2D eigenvalue weighted by atomic mass is 16.5. The van der Waals surface area contributed by atoms with Gasteiger partial charge in [-0.2, -0.15) is 0 Å². The van der Waals surface area contributed by atoms with E-state index in [9.17, 15) is 0 Å². The van der Waals surface area contributed by atoms with Gasteiger partial charge in [-0.05, 0) is 7.05 Å². The molecule has 0 aromatic heterocycles. The normalized spacial score (nSPS) is 19.2. The smallest absolute Gasteiger partial charge is 0.0589 e. The lowest BCUT2D eigenvalue weighted by molar-refractivity contribution is -0.0990. The molecule has 0 bridgehead atoms. The van der Waals surface area contributed by atoms with Crippen molar-refractivity contribution in [1.29, 1.82) is 0 Å². The van der Waals surface area contributed by atoms with Crippen molar-refractivity contribution in [3.8, 4) is 0 Å². The number of nitrogens with one attached hydrogen (secondary N) is 1. The van der Waals surface area contributed by atoms with Crippen LogP contribution in [0.2, 0.25) is 0 Å². The molecule has 1 fully saturated rings. The largest absolute Gasteiger partial charge is 0.383 e. The Kier molecular flexibility index (Phi) is 5.53. The molecule has 0 aliphatic carbocycles. The summed E-state index contributed by atoms with van der Waals surface area (Å²) < 4.78 is 10.2. The summed E-state index contributed by atoms with van der Waals surface area (Å²) in [4.78, 5) is 2.27. The van der Waals surface area contributed by atoms with E-state index in [4.69, 9.17) is 9.47 Å². The van der Waals surface area contributed by atoms with Crippen LogP contribution in [-0.4, -0.2) is 65.1 Å². The Labute approximate surface area is 92.9 Å². The molecule has 0 atom stereocenters. The maximum Gasteiger partial charge on any atom is 0.0589 e. The van der Waals surface area contributed by atoms with E-state index in [0.717, 1.165) is 46.0 Å². The molecular weight excluding hydrogens is 192 g/mol. The van der Waals surface area contributed by atoms with Crippen LogP contribution < -0.4 is 5.32 Å². The van der Waals surface area contributed by atoms with Crippen molar-refractivity contribution in [1.82, 2.24) is 10.2 Å². The second-order valence-electron chi connectivity index (χ2n) is 4.78. The van der Waals surface area contributed by atoms with E-state index in [1.165, 1.54) is 0 Å². The Morgan fingerprint density at radius 1 is 1.40 bits per heavy atom. The molecule has 4 nitrogen and oxygen atoms in total. The summed E-state index contributed by atoms with van der Waals surface area (Å²) in [6.45, 7) is 9.04. The molecule has 0 amide bonds. The molecule has 1 aliphatic heterocycles. The van der Waals surface area contributed by atoms with Crippen molar-refractivity contribution in [2.24, 2.45) is 5.41 Å². The molecule has 1 N–H and O–H groups in total. The van der Waals surface area contributed by atoms with Crippen LogP contribution >= 0.6 is 0 Å². The van der Waals surface area contributed by atoms with Crippen LogP contribution in [0.25, 0.3) is 0 Å². The number of hydrogen-bond donors (Lipinski definition) is 1. The summed E-state index contributed by atoms with van der Waals surface area (Å²) in [6, 6.07) is 0. The summed E-state index contributed by atoms with van der Waals surface area (Å²) in [5.74, 6) is 0. The zero-order valence-corrected chi connectivity index (χ0v) is 10.2. The van der Waals surface area contributed by atoms with Crippen molar-refractivity contribution in [2.75, 3.05) is 60.2 Å². The van der Waals surface area contributed by atoms with Gasteiger partial charge >= 0.3 is 0 Å². The van der Waals surface area contributed by atoms with Gasteiger partial charge < -0.3 is 19.7 Å². The molecule has 1 saturated heterocycles. The van der Waals surface area contributed by atoms with Gasteiger partial charge in [0.05, 0.1) is 19.8 Å². The van der Waals surface area contributed by atoms with Gasteiger partial charge in [-0.25, -0.2) is 0 Å². The molecule has 0 aromatic carbocycles. The van der Waals surface area contributed by atoms with Gasteiger partial charge in [-0.1, -0.05) is 6.92 Å². The fourth-order valence-electron chi connectivity index (χ4n) is 1.57. The van der Waals surface area contributed by atoms with Crippen LogP contribution in [0.1, 0.15) is 6.92 Å². The summed E-state index contributed by atoms with van der Waals surface area (Å²) >= 11 is 0. The van der Waals surface area contributed by atoms with Crippen LogP contribution in [-0.2, 0) is 9.47 Å². The standard InChI is InChI=1S/C11H24N2O2/c1-11(9-15-10-11)8-12-4-5-13(2)6-7-14-3/h12H,4-10H2,1-3H3. The Hall–Kier alpha value is -0.160. The lowest BCUT2D eigenvalue weighted by Crippen LogP contribution is -2.48. The van der Waals surface area contributed by atoms with Gasteiger partial charge in [-0.15, -0.1) is 0 Å². The van der Waals surface area contributed by atoms with Gasteiger partial charge in [-0.3, -0.25) is 0 Å². The third kappa shape index (κ3) is 4.93. The molecular formula is C11H24N2O2. The molecule has 1 aliphatic rings. The van der Waals surface area contributed by atoms with Gasteiger partial charge in [0.1, 0.15) is 0 Å². The highest BCUT2D eigenvalue weighted by Gasteiger charge is 2.32. The number of nitrogens with zero attached hydrogens (tertiary/aromatic N) is 1. The highest BCUT2D eigenvalue weighted by molar-refractivity contribution is 4.82. The topological polar surface area (TPSA) is 33.7 Å². The van der Waals surface area contributed by atoms with Crippen molar-refractivity contribution in [2.45, 2.75) is 6.92 Å². The van der Waals surface area contributed by atoms with E-state index in [2.05, 4.69) is 24.2 Å². The van der Waals surface area contributed by atoms with E-state index in [1.54, 1.807) is 7.11 Å². The fourth-order valence-corrected chi connectivity index (χ4v) is 1.57. The molecule has 1 rings (SSSR count).